The molecule has 1 aromatic heterocycles. The molecule has 0 aliphatic carbocycles. The Hall–Kier alpha value is -1.49. The summed E-state index contributed by atoms with van der Waals surface area (Å²) in [7, 11) is 0. The summed E-state index contributed by atoms with van der Waals surface area (Å²) in [5, 5.41) is 3.21. The first kappa shape index (κ1) is 10.0. The second-order valence-electron chi connectivity index (χ2n) is 3.53. The van der Waals surface area contributed by atoms with E-state index in [9.17, 15) is 4.79 Å². The highest BCUT2D eigenvalue weighted by Crippen LogP contribution is 2.02. The summed E-state index contributed by atoms with van der Waals surface area (Å²) in [6.07, 6.45) is 1.62. The van der Waals surface area contributed by atoms with Gasteiger partial charge in [-0.05, 0) is 13.0 Å². The molecule has 5 nitrogen and oxygen atoms in total. The Balaban J connectivity index is 2.12. The van der Waals surface area contributed by atoms with Crippen molar-refractivity contribution in [1.82, 2.24) is 20.2 Å². The van der Waals surface area contributed by atoms with Crippen LogP contribution in [0.3, 0.4) is 0 Å². The Kier molecular flexibility index (Phi) is 2.91. The van der Waals surface area contributed by atoms with Crippen LogP contribution in [0.1, 0.15) is 16.3 Å². The van der Waals surface area contributed by atoms with E-state index in [4.69, 9.17) is 0 Å². The van der Waals surface area contributed by atoms with Crippen molar-refractivity contribution in [3.05, 3.63) is 23.8 Å². The summed E-state index contributed by atoms with van der Waals surface area (Å²) >= 11 is 0. The van der Waals surface area contributed by atoms with E-state index in [1.54, 1.807) is 19.2 Å². The third kappa shape index (κ3) is 2.30. The highest BCUT2D eigenvalue weighted by Gasteiger charge is 2.18. The second-order valence-corrected chi connectivity index (χ2v) is 3.53. The van der Waals surface area contributed by atoms with Gasteiger partial charge in [0.2, 0.25) is 0 Å². The van der Waals surface area contributed by atoms with Gasteiger partial charge in [-0.25, -0.2) is 9.97 Å². The number of nitrogens with one attached hydrogen (secondary N) is 1. The number of nitrogens with zero attached hydrogens (tertiary/aromatic N) is 3. The molecule has 15 heavy (non-hydrogen) atoms. The maximum Gasteiger partial charge on any atom is 0.272 e. The first-order chi connectivity index (χ1) is 7.27. The van der Waals surface area contributed by atoms with Crippen LogP contribution in [0, 0.1) is 6.92 Å². The van der Waals surface area contributed by atoms with E-state index >= 15 is 0 Å². The number of aromatic nitrogens is 2. The smallest absolute Gasteiger partial charge is 0.272 e. The van der Waals surface area contributed by atoms with Crippen molar-refractivity contribution >= 4 is 5.91 Å². The number of hydrogen-bond acceptors (Lipinski definition) is 4. The molecule has 1 aliphatic rings. The number of amides is 1. The van der Waals surface area contributed by atoms with Crippen molar-refractivity contribution in [2.24, 2.45) is 0 Å². The van der Waals surface area contributed by atoms with Gasteiger partial charge in [-0.3, -0.25) is 4.79 Å². The average Bonchev–Trinajstić information content (AvgIpc) is 2.29. The van der Waals surface area contributed by atoms with Gasteiger partial charge < -0.3 is 10.2 Å². The van der Waals surface area contributed by atoms with Crippen molar-refractivity contribution in [2.45, 2.75) is 6.92 Å². The molecule has 0 spiro atoms. The van der Waals surface area contributed by atoms with Gasteiger partial charge in [-0.1, -0.05) is 0 Å². The van der Waals surface area contributed by atoms with Gasteiger partial charge in [0.05, 0.1) is 0 Å². The Morgan fingerprint density at radius 1 is 1.47 bits per heavy atom. The molecule has 1 amide bonds. The van der Waals surface area contributed by atoms with Crippen molar-refractivity contribution < 1.29 is 4.79 Å². The van der Waals surface area contributed by atoms with Gasteiger partial charge >= 0.3 is 0 Å². The Labute approximate surface area is 88.5 Å². The molecule has 80 valence electrons. The minimum absolute atomic E-state index is 0.00185. The number of aryl methyl sites for hydroxylation is 1. The van der Waals surface area contributed by atoms with Crippen molar-refractivity contribution in [3.63, 3.8) is 0 Å². The quantitative estimate of drug-likeness (QED) is 0.693. The van der Waals surface area contributed by atoms with Crippen LogP contribution in [0.15, 0.2) is 12.3 Å². The minimum Gasteiger partial charge on any atom is -0.335 e. The van der Waals surface area contributed by atoms with Crippen molar-refractivity contribution in [1.29, 1.82) is 0 Å². The fraction of sp³-hybridized carbons (Fsp3) is 0.500. The molecular formula is C10H14N4O. The maximum atomic E-state index is 12.0. The lowest BCUT2D eigenvalue weighted by molar-refractivity contribution is 0.0729. The first-order valence-corrected chi connectivity index (χ1v) is 5.07. The lowest BCUT2D eigenvalue weighted by Gasteiger charge is -2.27. The normalized spacial score (nSPS) is 16.5. The maximum absolute atomic E-state index is 12.0. The van der Waals surface area contributed by atoms with E-state index in [1.807, 2.05) is 4.90 Å². The lowest BCUT2D eigenvalue weighted by atomic mass is 10.3. The zero-order valence-electron chi connectivity index (χ0n) is 8.73. The summed E-state index contributed by atoms with van der Waals surface area (Å²) in [6, 6.07) is 1.66. The largest absolute Gasteiger partial charge is 0.335 e. The zero-order chi connectivity index (χ0) is 10.7. The van der Waals surface area contributed by atoms with Gasteiger partial charge in [0.15, 0.2) is 0 Å². The molecule has 1 N–H and O–H groups in total. The Bertz CT molecular complexity index is 360. The first-order valence-electron chi connectivity index (χ1n) is 5.07. The van der Waals surface area contributed by atoms with Crippen LogP contribution in [-0.2, 0) is 0 Å². The molecule has 0 atom stereocenters. The topological polar surface area (TPSA) is 58.1 Å². The number of carbonyl (C=O) groups excluding carboxylic acids is 1. The second kappa shape index (κ2) is 4.35. The lowest BCUT2D eigenvalue weighted by Crippen LogP contribution is -2.46. The number of hydrogen-bond donors (Lipinski definition) is 1. The summed E-state index contributed by atoms with van der Waals surface area (Å²) < 4.78 is 0. The predicted octanol–water partition coefficient (Wildman–Crippen LogP) is -0.170. The molecule has 1 aromatic rings. The molecule has 1 fully saturated rings. The van der Waals surface area contributed by atoms with E-state index in [0.29, 0.717) is 11.5 Å². The monoisotopic (exact) mass is 206 g/mol. The van der Waals surface area contributed by atoms with Crippen molar-refractivity contribution in [3.8, 4) is 0 Å². The predicted molar refractivity (Wildman–Crippen MR) is 55.5 cm³/mol. The van der Waals surface area contributed by atoms with Crippen molar-refractivity contribution in [2.75, 3.05) is 26.2 Å². The summed E-state index contributed by atoms with van der Waals surface area (Å²) in [5.74, 6) is 0.637. The van der Waals surface area contributed by atoms with Crippen LogP contribution < -0.4 is 5.32 Å². The fourth-order valence-electron chi connectivity index (χ4n) is 1.61. The standard InChI is InChI=1S/C10H14N4O/c1-8-12-3-2-9(13-8)10(15)14-6-4-11-5-7-14/h2-3,11H,4-7H2,1H3. The van der Waals surface area contributed by atoms with E-state index in [0.717, 1.165) is 26.2 Å². The van der Waals surface area contributed by atoms with Crippen LogP contribution in [-0.4, -0.2) is 47.0 Å². The summed E-state index contributed by atoms with van der Waals surface area (Å²) in [5.41, 5.74) is 0.490. The fourth-order valence-corrected chi connectivity index (χ4v) is 1.61. The molecule has 2 rings (SSSR count). The summed E-state index contributed by atoms with van der Waals surface area (Å²) in [6.45, 7) is 5.00. The Morgan fingerprint density at radius 3 is 2.87 bits per heavy atom. The number of carbonyl (C=O) groups is 1. The Morgan fingerprint density at radius 2 is 2.20 bits per heavy atom. The molecule has 0 unspecified atom stereocenters. The molecule has 5 heteroatoms. The molecule has 0 saturated carbocycles. The minimum atomic E-state index is 0.00185. The highest BCUT2D eigenvalue weighted by molar-refractivity contribution is 5.92. The zero-order valence-corrected chi connectivity index (χ0v) is 8.73. The van der Waals surface area contributed by atoms with Crippen LogP contribution in [0.5, 0.6) is 0 Å². The van der Waals surface area contributed by atoms with E-state index in [1.165, 1.54) is 0 Å². The summed E-state index contributed by atoms with van der Waals surface area (Å²) in [4.78, 5) is 21.9. The molecule has 1 saturated heterocycles. The van der Waals surface area contributed by atoms with E-state index in [-0.39, 0.29) is 5.91 Å². The van der Waals surface area contributed by atoms with Crippen LogP contribution in [0.4, 0.5) is 0 Å². The number of rotatable bonds is 1. The third-order valence-electron chi connectivity index (χ3n) is 2.40. The molecular weight excluding hydrogens is 192 g/mol. The molecule has 2 heterocycles. The molecule has 0 bridgehead atoms. The van der Waals surface area contributed by atoms with Crippen LogP contribution in [0.25, 0.3) is 0 Å². The van der Waals surface area contributed by atoms with Crippen LogP contribution >= 0.6 is 0 Å². The molecule has 0 aromatic carbocycles. The average molecular weight is 206 g/mol. The van der Waals surface area contributed by atoms with Gasteiger partial charge in [0.1, 0.15) is 11.5 Å². The SMILES string of the molecule is Cc1nccc(C(=O)N2CCNCC2)n1. The molecule has 1 aliphatic heterocycles. The van der Waals surface area contributed by atoms with Gasteiger partial charge in [0.25, 0.3) is 5.91 Å². The van der Waals surface area contributed by atoms with Crippen LogP contribution in [0.2, 0.25) is 0 Å². The third-order valence-corrected chi connectivity index (χ3v) is 2.40. The highest BCUT2D eigenvalue weighted by atomic mass is 16.2. The van der Waals surface area contributed by atoms with Gasteiger partial charge in [0, 0.05) is 32.4 Å². The van der Waals surface area contributed by atoms with E-state index in [2.05, 4.69) is 15.3 Å². The molecule has 0 radical (unpaired) electrons. The van der Waals surface area contributed by atoms with Gasteiger partial charge in [-0.2, -0.15) is 0 Å². The number of piperazine rings is 1. The van der Waals surface area contributed by atoms with E-state index < -0.39 is 0 Å². The van der Waals surface area contributed by atoms with Gasteiger partial charge in [-0.15, -0.1) is 0 Å².